The first kappa shape index (κ1) is 27.0. The predicted molar refractivity (Wildman–Crippen MR) is 153 cm³/mol. The highest BCUT2D eigenvalue weighted by atomic mass is 16.6. The maximum Gasteiger partial charge on any atom is 0.410 e. The molecule has 10 heteroatoms. The number of aryl methyl sites for hydroxylation is 1. The van der Waals surface area contributed by atoms with Gasteiger partial charge >= 0.3 is 12.1 Å². The molecule has 2 N–H and O–H groups in total. The molecule has 0 unspecified atom stereocenters. The number of carbonyl (C=O) groups is 2. The number of urea groups is 1. The standard InChI is InChI=1S/C30H35N7O3/c1-20-26(22-16-31-35(5)17-22)34-37(23-14-10-7-11-15-23)27(20)33-28(38)32-25-19-36(29(39)40-30(2,3)4)18-24(25)21-12-8-6-9-13-21/h6-17,24-25H,18-19H2,1-5H3,(H2,32,33,38)/t24-,25+/m0/s1. The summed E-state index contributed by atoms with van der Waals surface area (Å²) >= 11 is 0. The fourth-order valence-electron chi connectivity index (χ4n) is 4.99. The minimum Gasteiger partial charge on any atom is -0.444 e. The van der Waals surface area contributed by atoms with Crippen LogP contribution in [0.5, 0.6) is 0 Å². The molecule has 2 aromatic heterocycles. The minimum atomic E-state index is -0.610. The third-order valence-electron chi connectivity index (χ3n) is 6.85. The zero-order valence-electron chi connectivity index (χ0n) is 23.5. The molecule has 1 saturated heterocycles. The summed E-state index contributed by atoms with van der Waals surface area (Å²) in [4.78, 5) is 28.1. The number of carbonyl (C=O) groups excluding carboxylic acids is 2. The van der Waals surface area contributed by atoms with E-state index in [1.54, 1.807) is 20.5 Å². The maximum atomic E-state index is 13.5. The Labute approximate surface area is 233 Å². The summed E-state index contributed by atoms with van der Waals surface area (Å²) in [6, 6.07) is 18.9. The first-order chi connectivity index (χ1) is 19.1. The predicted octanol–water partition coefficient (Wildman–Crippen LogP) is 5.11. The van der Waals surface area contributed by atoms with Crippen LogP contribution < -0.4 is 10.6 Å². The number of rotatable bonds is 5. The number of nitrogens with zero attached hydrogens (tertiary/aromatic N) is 5. The third kappa shape index (κ3) is 5.85. The molecule has 2 aromatic carbocycles. The summed E-state index contributed by atoms with van der Waals surface area (Å²) in [5, 5.41) is 15.3. The van der Waals surface area contributed by atoms with E-state index in [-0.39, 0.29) is 18.0 Å². The van der Waals surface area contributed by atoms with Gasteiger partial charge in [-0.15, -0.1) is 0 Å². The number of likely N-dealkylation sites (tertiary alicyclic amines) is 1. The van der Waals surface area contributed by atoms with E-state index in [1.165, 1.54) is 0 Å². The van der Waals surface area contributed by atoms with Crippen LogP contribution in [0.3, 0.4) is 0 Å². The van der Waals surface area contributed by atoms with Gasteiger partial charge in [0.1, 0.15) is 17.1 Å². The smallest absolute Gasteiger partial charge is 0.410 e. The van der Waals surface area contributed by atoms with Crippen molar-refractivity contribution in [3.05, 3.63) is 84.2 Å². The minimum absolute atomic E-state index is 0.0921. The van der Waals surface area contributed by atoms with Crippen LogP contribution in [0, 0.1) is 6.92 Å². The number of aromatic nitrogens is 4. The second kappa shape index (κ2) is 10.9. The fraction of sp³-hybridized carbons (Fsp3) is 0.333. The van der Waals surface area contributed by atoms with Crippen molar-refractivity contribution in [2.45, 2.75) is 45.3 Å². The Balaban J connectivity index is 1.41. The largest absolute Gasteiger partial charge is 0.444 e. The van der Waals surface area contributed by atoms with Gasteiger partial charge in [0.15, 0.2) is 0 Å². The Morgan fingerprint density at radius 1 is 1.00 bits per heavy atom. The quantitative estimate of drug-likeness (QED) is 0.365. The lowest BCUT2D eigenvalue weighted by Gasteiger charge is -2.24. The topological polar surface area (TPSA) is 106 Å². The first-order valence-electron chi connectivity index (χ1n) is 13.3. The molecule has 4 aromatic rings. The molecule has 1 aliphatic rings. The zero-order valence-corrected chi connectivity index (χ0v) is 23.5. The Hall–Kier alpha value is -4.60. The van der Waals surface area contributed by atoms with E-state index >= 15 is 0 Å². The van der Waals surface area contributed by atoms with Gasteiger partial charge in [0, 0.05) is 43.4 Å². The second-order valence-corrected chi connectivity index (χ2v) is 11.1. The summed E-state index contributed by atoms with van der Waals surface area (Å²) in [7, 11) is 1.85. The molecule has 0 spiro atoms. The summed E-state index contributed by atoms with van der Waals surface area (Å²) in [6.07, 6.45) is 3.25. The third-order valence-corrected chi connectivity index (χ3v) is 6.85. The molecule has 1 aliphatic heterocycles. The molecule has 3 amide bonds. The number of amides is 3. The molecule has 0 aliphatic carbocycles. The Bertz CT molecular complexity index is 1490. The summed E-state index contributed by atoms with van der Waals surface area (Å²) in [6.45, 7) is 8.23. The molecule has 5 rings (SSSR count). The van der Waals surface area contributed by atoms with Gasteiger partial charge < -0.3 is 15.0 Å². The van der Waals surface area contributed by atoms with Gasteiger partial charge in [0.2, 0.25) is 0 Å². The van der Waals surface area contributed by atoms with Crippen molar-refractivity contribution in [2.24, 2.45) is 7.05 Å². The van der Waals surface area contributed by atoms with Gasteiger partial charge in [0.05, 0.1) is 17.9 Å². The van der Waals surface area contributed by atoms with Crippen molar-refractivity contribution in [3.8, 4) is 16.9 Å². The number of hydrogen-bond donors (Lipinski definition) is 2. The van der Waals surface area contributed by atoms with Crippen LogP contribution in [-0.4, -0.2) is 61.3 Å². The van der Waals surface area contributed by atoms with E-state index in [4.69, 9.17) is 9.84 Å². The number of nitrogens with one attached hydrogen (secondary N) is 2. The van der Waals surface area contributed by atoms with E-state index in [0.29, 0.717) is 18.9 Å². The van der Waals surface area contributed by atoms with Crippen LogP contribution in [0.4, 0.5) is 15.4 Å². The normalized spacial score (nSPS) is 17.1. The van der Waals surface area contributed by atoms with Crippen molar-refractivity contribution in [1.29, 1.82) is 0 Å². The highest BCUT2D eigenvalue weighted by Crippen LogP contribution is 2.32. The van der Waals surface area contributed by atoms with Gasteiger partial charge in [0.25, 0.3) is 0 Å². The lowest BCUT2D eigenvalue weighted by Crippen LogP contribution is -2.43. The lowest BCUT2D eigenvalue weighted by molar-refractivity contribution is 0.0289. The van der Waals surface area contributed by atoms with Gasteiger partial charge in [-0.2, -0.15) is 10.2 Å². The molecule has 0 radical (unpaired) electrons. The monoisotopic (exact) mass is 541 g/mol. The molecule has 2 atom stereocenters. The SMILES string of the molecule is Cc1c(-c2cnn(C)c2)nn(-c2ccccc2)c1NC(=O)N[C@@H]1CN(C(=O)OC(C)(C)C)C[C@H]1c1ccccc1. The number of benzene rings is 2. The van der Waals surface area contributed by atoms with Crippen molar-refractivity contribution in [3.63, 3.8) is 0 Å². The van der Waals surface area contributed by atoms with Crippen LogP contribution in [0.15, 0.2) is 73.1 Å². The van der Waals surface area contributed by atoms with Crippen LogP contribution in [0.1, 0.15) is 37.8 Å². The Kier molecular flexibility index (Phi) is 7.34. The van der Waals surface area contributed by atoms with Gasteiger partial charge in [-0.05, 0) is 45.4 Å². The average molecular weight is 542 g/mol. The van der Waals surface area contributed by atoms with Crippen molar-refractivity contribution in [2.75, 3.05) is 18.4 Å². The maximum absolute atomic E-state index is 13.5. The first-order valence-corrected chi connectivity index (χ1v) is 13.3. The number of anilines is 1. The van der Waals surface area contributed by atoms with Crippen LogP contribution in [0.2, 0.25) is 0 Å². The average Bonchev–Trinajstić information content (AvgIpc) is 3.62. The Morgan fingerprint density at radius 3 is 2.30 bits per heavy atom. The highest BCUT2D eigenvalue weighted by molar-refractivity contribution is 5.91. The van der Waals surface area contributed by atoms with E-state index in [9.17, 15) is 9.59 Å². The van der Waals surface area contributed by atoms with Gasteiger partial charge in [-0.1, -0.05) is 48.5 Å². The van der Waals surface area contributed by atoms with Crippen molar-refractivity contribution < 1.29 is 14.3 Å². The van der Waals surface area contributed by atoms with Crippen LogP contribution >= 0.6 is 0 Å². The highest BCUT2D eigenvalue weighted by Gasteiger charge is 2.39. The van der Waals surface area contributed by atoms with E-state index in [0.717, 1.165) is 28.1 Å². The number of ether oxygens (including phenoxy) is 1. The van der Waals surface area contributed by atoms with E-state index < -0.39 is 11.7 Å². The molecular formula is C30H35N7O3. The van der Waals surface area contributed by atoms with Gasteiger partial charge in [-0.3, -0.25) is 10.00 Å². The fourth-order valence-corrected chi connectivity index (χ4v) is 4.99. The number of hydrogen-bond acceptors (Lipinski definition) is 5. The summed E-state index contributed by atoms with van der Waals surface area (Å²) < 4.78 is 9.07. The van der Waals surface area contributed by atoms with Crippen LogP contribution in [0.25, 0.3) is 16.9 Å². The molecule has 10 nitrogen and oxygen atoms in total. The lowest BCUT2D eigenvalue weighted by atomic mass is 9.94. The number of para-hydroxylation sites is 1. The Morgan fingerprint density at radius 2 is 1.68 bits per heavy atom. The molecule has 40 heavy (non-hydrogen) atoms. The molecule has 3 heterocycles. The molecular weight excluding hydrogens is 506 g/mol. The zero-order chi connectivity index (χ0) is 28.4. The van der Waals surface area contributed by atoms with E-state index in [1.807, 2.05) is 102 Å². The molecule has 208 valence electrons. The molecule has 1 fully saturated rings. The van der Waals surface area contributed by atoms with E-state index in [2.05, 4.69) is 15.7 Å². The van der Waals surface area contributed by atoms with Crippen LogP contribution in [-0.2, 0) is 11.8 Å². The molecule has 0 saturated carbocycles. The van der Waals surface area contributed by atoms with Gasteiger partial charge in [-0.25, -0.2) is 14.3 Å². The van der Waals surface area contributed by atoms with Crippen molar-refractivity contribution in [1.82, 2.24) is 29.8 Å². The van der Waals surface area contributed by atoms with Crippen molar-refractivity contribution >= 4 is 17.9 Å². The second-order valence-electron chi connectivity index (χ2n) is 11.1. The molecule has 0 bridgehead atoms. The summed E-state index contributed by atoms with van der Waals surface area (Å²) in [5.41, 5.74) is 3.64. The summed E-state index contributed by atoms with van der Waals surface area (Å²) in [5.74, 6) is 0.464.